The zero-order valence-electron chi connectivity index (χ0n) is 6.56. The summed E-state index contributed by atoms with van der Waals surface area (Å²) in [6, 6.07) is 0. The second-order valence-electron chi connectivity index (χ2n) is 2.46. The first-order chi connectivity index (χ1) is 5.77. The number of nitrogens with two attached hydrogens (primary N) is 1. The number of nitrogens with zero attached hydrogens (tertiary/aromatic N) is 3. The highest BCUT2D eigenvalue weighted by atomic mass is 32.1. The van der Waals surface area contributed by atoms with E-state index < -0.39 is 0 Å². The van der Waals surface area contributed by atoms with Crippen molar-refractivity contribution in [3.8, 4) is 5.82 Å². The molecule has 0 saturated heterocycles. The van der Waals surface area contributed by atoms with Crippen LogP contribution in [0.3, 0.4) is 0 Å². The van der Waals surface area contributed by atoms with Crippen LogP contribution in [0.15, 0.2) is 17.1 Å². The van der Waals surface area contributed by atoms with Crippen molar-refractivity contribution in [2.75, 3.05) is 5.73 Å². The second kappa shape index (κ2) is 2.60. The molecule has 2 aromatic rings. The molecule has 2 rings (SSSR count). The summed E-state index contributed by atoms with van der Waals surface area (Å²) in [6.07, 6.45) is 1.77. The van der Waals surface area contributed by atoms with E-state index in [1.54, 1.807) is 16.4 Å². The Balaban J connectivity index is 2.48. The van der Waals surface area contributed by atoms with Crippen LogP contribution in [-0.2, 0) is 0 Å². The van der Waals surface area contributed by atoms with Crippen molar-refractivity contribution >= 4 is 17.0 Å². The maximum atomic E-state index is 5.64. The zero-order chi connectivity index (χ0) is 8.55. The zero-order valence-corrected chi connectivity index (χ0v) is 7.38. The molecule has 4 nitrogen and oxygen atoms in total. The van der Waals surface area contributed by atoms with Gasteiger partial charge >= 0.3 is 0 Å². The first kappa shape index (κ1) is 7.30. The molecule has 0 unspecified atom stereocenters. The Morgan fingerprint density at radius 2 is 2.42 bits per heavy atom. The molecule has 0 atom stereocenters. The first-order valence-corrected chi connectivity index (χ1v) is 4.42. The summed E-state index contributed by atoms with van der Waals surface area (Å²) in [4.78, 5) is 4.10. The molecule has 0 aromatic carbocycles. The quantitative estimate of drug-likeness (QED) is 0.717. The van der Waals surface area contributed by atoms with Crippen LogP contribution in [0.2, 0.25) is 0 Å². The summed E-state index contributed by atoms with van der Waals surface area (Å²) in [5.74, 6) is 0.819. The van der Waals surface area contributed by atoms with Crippen LogP contribution in [0.1, 0.15) is 5.69 Å². The van der Waals surface area contributed by atoms with E-state index in [2.05, 4.69) is 10.1 Å². The van der Waals surface area contributed by atoms with Gasteiger partial charge in [0, 0.05) is 5.38 Å². The van der Waals surface area contributed by atoms with Gasteiger partial charge in [-0.15, -0.1) is 11.3 Å². The number of aromatic nitrogens is 3. The summed E-state index contributed by atoms with van der Waals surface area (Å²) in [5, 5.41) is 6.11. The Kier molecular flexibility index (Phi) is 1.58. The van der Waals surface area contributed by atoms with Crippen LogP contribution in [0.25, 0.3) is 5.82 Å². The van der Waals surface area contributed by atoms with Crippen molar-refractivity contribution in [3.05, 3.63) is 22.8 Å². The van der Waals surface area contributed by atoms with Crippen molar-refractivity contribution in [2.24, 2.45) is 0 Å². The van der Waals surface area contributed by atoms with Crippen molar-refractivity contribution < 1.29 is 0 Å². The van der Waals surface area contributed by atoms with Crippen LogP contribution < -0.4 is 5.73 Å². The minimum Gasteiger partial charge on any atom is -0.396 e. The van der Waals surface area contributed by atoms with Gasteiger partial charge in [-0.2, -0.15) is 5.10 Å². The van der Waals surface area contributed by atoms with Gasteiger partial charge in [0.25, 0.3) is 0 Å². The van der Waals surface area contributed by atoms with Crippen molar-refractivity contribution in [1.82, 2.24) is 14.8 Å². The molecule has 0 spiro atoms. The smallest absolute Gasteiger partial charge is 0.164 e. The van der Waals surface area contributed by atoms with Gasteiger partial charge in [0.2, 0.25) is 0 Å². The molecule has 2 N–H and O–H groups in total. The number of aryl methyl sites for hydroxylation is 1. The molecule has 0 radical (unpaired) electrons. The highest BCUT2D eigenvalue weighted by Gasteiger charge is 2.03. The molecule has 2 aromatic heterocycles. The van der Waals surface area contributed by atoms with E-state index >= 15 is 0 Å². The Bertz CT molecular complexity index is 357. The molecule has 0 aliphatic rings. The van der Waals surface area contributed by atoms with E-state index in [9.17, 15) is 0 Å². The lowest BCUT2D eigenvalue weighted by molar-refractivity contribution is 0.840. The van der Waals surface area contributed by atoms with E-state index in [1.807, 2.05) is 12.3 Å². The monoisotopic (exact) mass is 180 g/mol. The molecule has 0 aliphatic heterocycles. The summed E-state index contributed by atoms with van der Waals surface area (Å²) in [6.45, 7) is 1.87. The van der Waals surface area contributed by atoms with Gasteiger partial charge < -0.3 is 5.73 Å². The maximum Gasteiger partial charge on any atom is 0.164 e. The molecule has 0 amide bonds. The molecular formula is C7H8N4S. The fourth-order valence-electron chi connectivity index (χ4n) is 0.910. The predicted molar refractivity (Wildman–Crippen MR) is 48.4 cm³/mol. The van der Waals surface area contributed by atoms with E-state index in [1.165, 1.54) is 11.3 Å². The molecule has 0 fully saturated rings. The first-order valence-electron chi connectivity index (χ1n) is 3.47. The fraction of sp³-hybridized carbons (Fsp3) is 0.143. The third kappa shape index (κ3) is 1.08. The van der Waals surface area contributed by atoms with E-state index in [4.69, 9.17) is 5.73 Å². The average Bonchev–Trinajstić information content (AvgIpc) is 2.61. The van der Waals surface area contributed by atoms with E-state index in [0.717, 1.165) is 11.5 Å². The molecule has 2 heterocycles. The Hall–Kier alpha value is -1.36. The van der Waals surface area contributed by atoms with Crippen LogP contribution in [0.5, 0.6) is 0 Å². The van der Waals surface area contributed by atoms with Crippen molar-refractivity contribution in [3.63, 3.8) is 0 Å². The lowest BCUT2D eigenvalue weighted by Crippen LogP contribution is -1.94. The second-order valence-corrected chi connectivity index (χ2v) is 3.18. The summed E-state index contributed by atoms with van der Waals surface area (Å²) >= 11 is 1.54. The van der Waals surface area contributed by atoms with Gasteiger partial charge in [0.15, 0.2) is 5.82 Å². The van der Waals surface area contributed by atoms with Crippen LogP contribution in [0.4, 0.5) is 5.69 Å². The number of rotatable bonds is 1. The Labute approximate surface area is 73.7 Å². The highest BCUT2D eigenvalue weighted by Crippen LogP contribution is 2.12. The fourth-order valence-corrected chi connectivity index (χ4v) is 1.43. The Morgan fingerprint density at radius 1 is 1.58 bits per heavy atom. The number of hydrogen-bond acceptors (Lipinski definition) is 4. The van der Waals surface area contributed by atoms with Gasteiger partial charge in [0.1, 0.15) is 0 Å². The normalized spacial score (nSPS) is 10.4. The molecular weight excluding hydrogens is 172 g/mol. The van der Waals surface area contributed by atoms with Crippen LogP contribution >= 0.6 is 11.3 Å². The minimum absolute atomic E-state index is 0.697. The number of nitrogen functional groups attached to an aromatic ring is 1. The SMILES string of the molecule is Cc1nn(-c2cscn2)cc1N. The van der Waals surface area contributed by atoms with E-state index in [0.29, 0.717) is 5.69 Å². The number of hydrogen-bond donors (Lipinski definition) is 1. The highest BCUT2D eigenvalue weighted by molar-refractivity contribution is 7.07. The summed E-state index contributed by atoms with van der Waals surface area (Å²) < 4.78 is 1.68. The molecule has 5 heteroatoms. The molecule has 12 heavy (non-hydrogen) atoms. The van der Waals surface area contributed by atoms with Crippen LogP contribution in [-0.4, -0.2) is 14.8 Å². The molecule has 62 valence electrons. The molecule has 0 bridgehead atoms. The van der Waals surface area contributed by atoms with Gasteiger partial charge in [-0.25, -0.2) is 9.67 Å². The minimum atomic E-state index is 0.697. The van der Waals surface area contributed by atoms with E-state index in [-0.39, 0.29) is 0 Å². The third-order valence-corrected chi connectivity index (χ3v) is 2.16. The van der Waals surface area contributed by atoms with Crippen LogP contribution in [0, 0.1) is 6.92 Å². The van der Waals surface area contributed by atoms with Gasteiger partial charge in [-0.3, -0.25) is 0 Å². The Morgan fingerprint density at radius 3 is 2.92 bits per heavy atom. The molecule has 0 saturated carbocycles. The maximum absolute atomic E-state index is 5.64. The third-order valence-electron chi connectivity index (χ3n) is 1.59. The summed E-state index contributed by atoms with van der Waals surface area (Å²) in [5.41, 5.74) is 8.94. The van der Waals surface area contributed by atoms with Gasteiger partial charge in [-0.05, 0) is 6.92 Å². The summed E-state index contributed by atoms with van der Waals surface area (Å²) in [7, 11) is 0. The van der Waals surface area contributed by atoms with Crippen molar-refractivity contribution in [2.45, 2.75) is 6.92 Å². The molecule has 0 aliphatic carbocycles. The number of thiazole rings is 1. The number of anilines is 1. The van der Waals surface area contributed by atoms with Crippen molar-refractivity contribution in [1.29, 1.82) is 0 Å². The predicted octanol–water partition coefficient (Wildman–Crippen LogP) is 1.22. The standard InChI is InChI=1S/C7H8N4S/c1-5-6(8)2-11(10-5)7-3-12-4-9-7/h2-4H,8H2,1H3. The van der Waals surface area contributed by atoms with Gasteiger partial charge in [0.05, 0.1) is 23.1 Å². The average molecular weight is 180 g/mol. The van der Waals surface area contributed by atoms with Gasteiger partial charge in [-0.1, -0.05) is 0 Å². The lowest BCUT2D eigenvalue weighted by Gasteiger charge is -1.91. The lowest BCUT2D eigenvalue weighted by atomic mass is 10.4. The largest absolute Gasteiger partial charge is 0.396 e. The topological polar surface area (TPSA) is 56.7 Å².